The third kappa shape index (κ3) is 3.78. The fourth-order valence-electron chi connectivity index (χ4n) is 2.15. The molecule has 0 spiro atoms. The van der Waals surface area contributed by atoms with Crippen molar-refractivity contribution in [3.63, 3.8) is 0 Å². The maximum atomic E-state index is 13.4. The molecule has 1 N–H and O–H groups in total. The quantitative estimate of drug-likeness (QED) is 0.704. The van der Waals surface area contributed by atoms with Crippen molar-refractivity contribution in [2.24, 2.45) is 0 Å². The standard InChI is InChI=1S/C17H12Cl2FN3/c18-15-2-1-11(5-17(15)20)7-23-13-6-12(8-22-9-13)14-3-4-21-10-16(14)19/h1-6,8-10,23H,7H2. The lowest BCUT2D eigenvalue weighted by Gasteiger charge is -2.09. The Hall–Kier alpha value is -2.17. The molecule has 1 aromatic carbocycles. The molecule has 0 saturated heterocycles. The number of rotatable bonds is 4. The molecular weight excluding hydrogens is 336 g/mol. The highest BCUT2D eigenvalue weighted by atomic mass is 35.5. The van der Waals surface area contributed by atoms with E-state index in [-0.39, 0.29) is 5.02 Å². The van der Waals surface area contributed by atoms with Gasteiger partial charge in [-0.1, -0.05) is 29.3 Å². The van der Waals surface area contributed by atoms with Gasteiger partial charge in [-0.05, 0) is 29.8 Å². The number of hydrogen-bond donors (Lipinski definition) is 1. The number of anilines is 1. The van der Waals surface area contributed by atoms with Crippen molar-refractivity contribution in [3.05, 3.63) is 76.5 Å². The normalized spacial score (nSPS) is 10.6. The SMILES string of the molecule is Fc1cc(CNc2cncc(-c3ccncc3Cl)c2)ccc1Cl. The molecule has 0 radical (unpaired) electrons. The number of aromatic nitrogens is 2. The van der Waals surface area contributed by atoms with Crippen LogP contribution in [0.3, 0.4) is 0 Å². The molecule has 0 unspecified atom stereocenters. The minimum absolute atomic E-state index is 0.116. The van der Waals surface area contributed by atoms with Crippen LogP contribution in [0, 0.1) is 5.82 Å². The smallest absolute Gasteiger partial charge is 0.142 e. The van der Waals surface area contributed by atoms with Gasteiger partial charge in [-0.3, -0.25) is 9.97 Å². The summed E-state index contributed by atoms with van der Waals surface area (Å²) < 4.78 is 13.4. The van der Waals surface area contributed by atoms with Gasteiger partial charge in [0.25, 0.3) is 0 Å². The van der Waals surface area contributed by atoms with Gasteiger partial charge < -0.3 is 5.32 Å². The fourth-order valence-corrected chi connectivity index (χ4v) is 2.49. The van der Waals surface area contributed by atoms with Crippen molar-refractivity contribution in [1.29, 1.82) is 0 Å². The Kier molecular flexibility index (Phi) is 4.74. The zero-order valence-corrected chi connectivity index (χ0v) is 13.4. The average molecular weight is 348 g/mol. The number of nitrogens with one attached hydrogen (secondary N) is 1. The van der Waals surface area contributed by atoms with Gasteiger partial charge in [-0.15, -0.1) is 0 Å². The predicted molar refractivity (Wildman–Crippen MR) is 91.2 cm³/mol. The molecule has 0 fully saturated rings. The van der Waals surface area contributed by atoms with Crippen molar-refractivity contribution in [2.75, 3.05) is 5.32 Å². The Balaban J connectivity index is 1.78. The Morgan fingerprint density at radius 3 is 2.61 bits per heavy atom. The van der Waals surface area contributed by atoms with Crippen LogP contribution in [0.1, 0.15) is 5.56 Å². The Morgan fingerprint density at radius 1 is 0.957 bits per heavy atom. The van der Waals surface area contributed by atoms with Gasteiger partial charge in [-0.25, -0.2) is 4.39 Å². The summed E-state index contributed by atoms with van der Waals surface area (Å²) in [4.78, 5) is 8.18. The summed E-state index contributed by atoms with van der Waals surface area (Å²) in [5.41, 5.74) is 3.34. The highest BCUT2D eigenvalue weighted by Crippen LogP contribution is 2.27. The van der Waals surface area contributed by atoms with Crippen molar-refractivity contribution >= 4 is 28.9 Å². The number of pyridine rings is 2. The first-order chi connectivity index (χ1) is 11.1. The van der Waals surface area contributed by atoms with E-state index in [0.29, 0.717) is 11.6 Å². The van der Waals surface area contributed by atoms with Crippen molar-refractivity contribution in [2.45, 2.75) is 6.54 Å². The van der Waals surface area contributed by atoms with E-state index in [0.717, 1.165) is 22.4 Å². The van der Waals surface area contributed by atoms with Crippen LogP contribution in [0.15, 0.2) is 55.1 Å². The van der Waals surface area contributed by atoms with Crippen molar-refractivity contribution < 1.29 is 4.39 Å². The Labute approximate surface area is 143 Å². The largest absolute Gasteiger partial charge is 0.380 e. The van der Waals surface area contributed by atoms with Gasteiger partial charge in [0.15, 0.2) is 0 Å². The third-order valence-electron chi connectivity index (χ3n) is 3.30. The lowest BCUT2D eigenvalue weighted by atomic mass is 10.1. The van der Waals surface area contributed by atoms with E-state index in [1.165, 1.54) is 6.07 Å². The molecule has 23 heavy (non-hydrogen) atoms. The summed E-state index contributed by atoms with van der Waals surface area (Å²) in [6, 6.07) is 8.49. The second kappa shape index (κ2) is 6.94. The van der Waals surface area contributed by atoms with Gasteiger partial charge in [0.1, 0.15) is 5.82 Å². The van der Waals surface area contributed by atoms with Crippen LogP contribution in [-0.2, 0) is 6.54 Å². The van der Waals surface area contributed by atoms with E-state index in [4.69, 9.17) is 23.2 Å². The first kappa shape index (κ1) is 15.7. The molecule has 116 valence electrons. The summed E-state index contributed by atoms with van der Waals surface area (Å²) in [7, 11) is 0. The molecule has 0 aliphatic carbocycles. The lowest BCUT2D eigenvalue weighted by Crippen LogP contribution is -2.00. The molecule has 0 aliphatic heterocycles. The van der Waals surface area contributed by atoms with E-state index in [9.17, 15) is 4.39 Å². The molecule has 2 heterocycles. The van der Waals surface area contributed by atoms with Crippen LogP contribution in [0.2, 0.25) is 10.0 Å². The number of benzene rings is 1. The second-order valence-electron chi connectivity index (χ2n) is 4.92. The van der Waals surface area contributed by atoms with Gasteiger partial charge in [0.05, 0.1) is 15.7 Å². The molecule has 0 saturated carbocycles. The monoisotopic (exact) mass is 347 g/mol. The van der Waals surface area contributed by atoms with Gasteiger partial charge in [0, 0.05) is 42.5 Å². The summed E-state index contributed by atoms with van der Waals surface area (Å²) in [5, 5.41) is 3.88. The predicted octanol–water partition coefficient (Wildman–Crippen LogP) is 5.20. The molecule has 0 atom stereocenters. The first-order valence-corrected chi connectivity index (χ1v) is 7.62. The maximum Gasteiger partial charge on any atom is 0.142 e. The van der Waals surface area contributed by atoms with E-state index in [1.807, 2.05) is 12.1 Å². The van der Waals surface area contributed by atoms with Crippen LogP contribution >= 0.6 is 23.2 Å². The van der Waals surface area contributed by atoms with E-state index >= 15 is 0 Å². The van der Waals surface area contributed by atoms with Crippen LogP contribution < -0.4 is 5.32 Å². The van der Waals surface area contributed by atoms with Gasteiger partial charge in [-0.2, -0.15) is 0 Å². The Bertz CT molecular complexity index is 840. The minimum Gasteiger partial charge on any atom is -0.380 e. The van der Waals surface area contributed by atoms with Crippen LogP contribution in [0.4, 0.5) is 10.1 Å². The molecule has 3 rings (SSSR count). The summed E-state index contributed by atoms with van der Waals surface area (Å²) in [6.45, 7) is 0.462. The first-order valence-electron chi connectivity index (χ1n) is 6.86. The zero-order valence-electron chi connectivity index (χ0n) is 11.9. The number of nitrogens with zero attached hydrogens (tertiary/aromatic N) is 2. The molecule has 6 heteroatoms. The lowest BCUT2D eigenvalue weighted by molar-refractivity contribution is 0.626. The van der Waals surface area contributed by atoms with Crippen LogP contribution in [0.25, 0.3) is 11.1 Å². The molecule has 2 aromatic heterocycles. The van der Waals surface area contributed by atoms with E-state index in [1.54, 1.807) is 36.9 Å². The molecular formula is C17H12Cl2FN3. The minimum atomic E-state index is -0.429. The molecule has 0 bridgehead atoms. The second-order valence-corrected chi connectivity index (χ2v) is 5.73. The van der Waals surface area contributed by atoms with E-state index in [2.05, 4.69) is 15.3 Å². The number of hydrogen-bond acceptors (Lipinski definition) is 3. The van der Waals surface area contributed by atoms with Crippen molar-refractivity contribution in [1.82, 2.24) is 9.97 Å². The van der Waals surface area contributed by atoms with Crippen molar-refractivity contribution in [3.8, 4) is 11.1 Å². The fraction of sp³-hybridized carbons (Fsp3) is 0.0588. The van der Waals surface area contributed by atoms with Crippen LogP contribution in [-0.4, -0.2) is 9.97 Å². The highest BCUT2D eigenvalue weighted by Gasteiger charge is 2.05. The third-order valence-corrected chi connectivity index (χ3v) is 3.91. The topological polar surface area (TPSA) is 37.8 Å². The molecule has 3 nitrogen and oxygen atoms in total. The Morgan fingerprint density at radius 2 is 1.83 bits per heavy atom. The molecule has 3 aromatic rings. The summed E-state index contributed by atoms with van der Waals surface area (Å²) in [5.74, 6) is -0.429. The maximum absolute atomic E-state index is 13.4. The number of halogens is 3. The molecule has 0 aliphatic rings. The van der Waals surface area contributed by atoms with E-state index < -0.39 is 5.82 Å². The van der Waals surface area contributed by atoms with Gasteiger partial charge >= 0.3 is 0 Å². The summed E-state index contributed by atoms with van der Waals surface area (Å²) >= 11 is 11.8. The molecule has 0 amide bonds. The zero-order chi connectivity index (χ0) is 16.2. The van der Waals surface area contributed by atoms with Gasteiger partial charge in [0.2, 0.25) is 0 Å². The summed E-state index contributed by atoms with van der Waals surface area (Å²) in [6.07, 6.45) is 6.70. The van der Waals surface area contributed by atoms with Crippen LogP contribution in [0.5, 0.6) is 0 Å². The highest BCUT2D eigenvalue weighted by molar-refractivity contribution is 6.33. The average Bonchev–Trinajstić information content (AvgIpc) is 2.57.